The van der Waals surface area contributed by atoms with Crippen LogP contribution >= 0.6 is 23.4 Å². The summed E-state index contributed by atoms with van der Waals surface area (Å²) in [6.07, 6.45) is 3.44. The van der Waals surface area contributed by atoms with Crippen LogP contribution in [0, 0.1) is 6.92 Å². The molecule has 2 aromatic rings. The molecule has 0 aliphatic carbocycles. The number of nitrogens with zero attached hydrogens (tertiary/aromatic N) is 1. The van der Waals surface area contributed by atoms with Gasteiger partial charge in [-0.15, -0.1) is 0 Å². The number of benzene rings is 1. The second-order valence-corrected chi connectivity index (χ2v) is 8.36. The summed E-state index contributed by atoms with van der Waals surface area (Å²) in [6, 6.07) is 6.64. The summed E-state index contributed by atoms with van der Waals surface area (Å²) in [5.74, 6) is 2.14. The number of H-pyrrole nitrogens is 1. The number of halogens is 1. The van der Waals surface area contributed by atoms with Gasteiger partial charge in [0.2, 0.25) is 0 Å². The highest BCUT2D eigenvalue weighted by Gasteiger charge is 2.30. The maximum absolute atomic E-state index is 6.12. The minimum Gasteiger partial charge on any atom is -0.368 e. The highest BCUT2D eigenvalue weighted by Crippen LogP contribution is 2.42. The average Bonchev–Trinajstić information content (AvgIpc) is 3.18. The molecule has 2 aliphatic heterocycles. The molecule has 0 saturated carbocycles. The van der Waals surface area contributed by atoms with Gasteiger partial charge in [-0.05, 0) is 56.0 Å². The maximum atomic E-state index is 6.12. The Kier molecular flexibility index (Phi) is 4.74. The van der Waals surface area contributed by atoms with Gasteiger partial charge in [0.25, 0.3) is 0 Å². The first-order valence-corrected chi connectivity index (χ1v) is 10.1. The molecule has 0 radical (unpaired) electrons. The van der Waals surface area contributed by atoms with E-state index in [0.29, 0.717) is 11.3 Å². The van der Waals surface area contributed by atoms with Crippen molar-refractivity contribution in [1.82, 2.24) is 15.5 Å². The number of hydrogen-bond acceptors (Lipinski definition) is 4. The quantitative estimate of drug-likeness (QED) is 0.764. The molecule has 1 aromatic heterocycles. The van der Waals surface area contributed by atoms with Gasteiger partial charge in [-0.2, -0.15) is 16.9 Å². The number of hydrogen-bond donors (Lipinski definition) is 3. The second-order valence-electron chi connectivity index (χ2n) is 6.61. The Hall–Kier alpha value is -1.17. The largest absolute Gasteiger partial charge is 0.368 e. The number of anilines is 1. The van der Waals surface area contributed by atoms with E-state index < -0.39 is 0 Å². The molecule has 2 unspecified atom stereocenters. The molecule has 128 valence electrons. The third-order valence-corrected chi connectivity index (χ3v) is 6.47. The molecule has 0 amide bonds. The molecule has 1 fully saturated rings. The lowest BCUT2D eigenvalue weighted by atomic mass is 9.97. The van der Waals surface area contributed by atoms with Crippen LogP contribution in [0.3, 0.4) is 0 Å². The van der Waals surface area contributed by atoms with Gasteiger partial charge in [0.1, 0.15) is 0 Å². The van der Waals surface area contributed by atoms with E-state index in [4.69, 9.17) is 11.6 Å². The van der Waals surface area contributed by atoms with Crippen LogP contribution in [-0.2, 0) is 6.42 Å². The highest BCUT2D eigenvalue weighted by atomic mass is 35.5. The molecule has 3 heterocycles. The van der Waals surface area contributed by atoms with Gasteiger partial charge < -0.3 is 10.6 Å². The Bertz CT molecular complexity index is 724. The molecule has 1 aromatic carbocycles. The molecule has 0 bridgehead atoms. The van der Waals surface area contributed by atoms with Crippen molar-refractivity contribution in [1.29, 1.82) is 0 Å². The number of fused-ring (bicyclic) bond motifs is 1. The zero-order chi connectivity index (χ0) is 16.5. The van der Waals surface area contributed by atoms with Crippen molar-refractivity contribution in [2.75, 3.05) is 24.2 Å². The van der Waals surface area contributed by atoms with E-state index in [-0.39, 0.29) is 0 Å². The normalized spacial score (nSPS) is 23.6. The third kappa shape index (κ3) is 3.17. The van der Waals surface area contributed by atoms with Gasteiger partial charge >= 0.3 is 0 Å². The molecule has 0 spiro atoms. The summed E-state index contributed by atoms with van der Waals surface area (Å²) < 4.78 is 0. The van der Waals surface area contributed by atoms with Gasteiger partial charge in [0.05, 0.1) is 5.69 Å². The average molecular weight is 363 g/mol. The smallest absolute Gasteiger partial charge is 0.152 e. The van der Waals surface area contributed by atoms with E-state index in [1.54, 1.807) is 0 Å². The van der Waals surface area contributed by atoms with Crippen LogP contribution in [0.4, 0.5) is 5.82 Å². The molecular formula is C18H23ClN4S. The molecule has 2 aliphatic rings. The third-order valence-electron chi connectivity index (χ3n) is 4.99. The van der Waals surface area contributed by atoms with Crippen molar-refractivity contribution in [2.45, 2.75) is 37.5 Å². The number of thioether (sulfide) groups is 1. The van der Waals surface area contributed by atoms with Gasteiger partial charge in [-0.25, -0.2) is 0 Å². The number of nitrogens with one attached hydrogen (secondary N) is 3. The topological polar surface area (TPSA) is 52.7 Å². The zero-order valence-corrected chi connectivity index (χ0v) is 15.4. The van der Waals surface area contributed by atoms with Crippen LogP contribution < -0.4 is 10.6 Å². The Balaban J connectivity index is 1.67. The van der Waals surface area contributed by atoms with E-state index in [9.17, 15) is 0 Å². The van der Waals surface area contributed by atoms with Crippen molar-refractivity contribution in [2.24, 2.45) is 0 Å². The van der Waals surface area contributed by atoms with Crippen LogP contribution in [0.1, 0.15) is 46.5 Å². The summed E-state index contributed by atoms with van der Waals surface area (Å²) in [4.78, 5) is 0. The minimum absolute atomic E-state index is 0.413. The molecule has 4 rings (SSSR count). The number of aryl methyl sites for hydroxylation is 1. The van der Waals surface area contributed by atoms with Gasteiger partial charge in [0, 0.05) is 34.2 Å². The van der Waals surface area contributed by atoms with Crippen LogP contribution in [0.2, 0.25) is 5.02 Å². The summed E-state index contributed by atoms with van der Waals surface area (Å²) in [5.41, 5.74) is 5.29. The molecule has 2 atom stereocenters. The predicted octanol–water partition coefficient (Wildman–Crippen LogP) is 4.24. The van der Waals surface area contributed by atoms with Crippen molar-refractivity contribution >= 4 is 29.2 Å². The van der Waals surface area contributed by atoms with E-state index in [1.807, 2.05) is 17.8 Å². The summed E-state index contributed by atoms with van der Waals surface area (Å²) in [6.45, 7) is 4.21. The van der Waals surface area contributed by atoms with Gasteiger partial charge in [-0.3, -0.25) is 5.10 Å². The summed E-state index contributed by atoms with van der Waals surface area (Å²) >= 11 is 8.15. The van der Waals surface area contributed by atoms with E-state index in [1.165, 1.54) is 35.2 Å². The first kappa shape index (κ1) is 16.3. The first-order valence-electron chi connectivity index (χ1n) is 8.64. The number of aromatic amines is 1. The van der Waals surface area contributed by atoms with E-state index in [2.05, 4.69) is 39.9 Å². The Morgan fingerprint density at radius 2 is 2.25 bits per heavy atom. The van der Waals surface area contributed by atoms with E-state index >= 15 is 0 Å². The summed E-state index contributed by atoms with van der Waals surface area (Å²) in [7, 11) is 0. The molecule has 24 heavy (non-hydrogen) atoms. The highest BCUT2D eigenvalue weighted by molar-refractivity contribution is 7.99. The number of rotatable bonds is 3. The second kappa shape index (κ2) is 6.98. The number of aromatic nitrogens is 2. The fourth-order valence-corrected chi connectivity index (χ4v) is 5.16. The van der Waals surface area contributed by atoms with Gasteiger partial charge in [-0.1, -0.05) is 17.7 Å². The molecule has 4 nitrogen and oxygen atoms in total. The standard InChI is InChI=1S/C18H23ClN4S/c1-11-9-13(19)5-4-12(11)10-15-16-17(14-3-2-6-20-14)22-23-18(16)21-7-8-24-15/h4-5,9,14-15,20H,2-3,6-8,10H2,1H3,(H2,21,22,23). The van der Waals surface area contributed by atoms with Crippen molar-refractivity contribution in [3.63, 3.8) is 0 Å². The Labute approximate surface area is 152 Å². The molecule has 3 N–H and O–H groups in total. The fourth-order valence-electron chi connectivity index (χ4n) is 3.72. The van der Waals surface area contributed by atoms with Crippen molar-refractivity contribution in [3.05, 3.63) is 45.6 Å². The van der Waals surface area contributed by atoms with Gasteiger partial charge in [0.15, 0.2) is 5.82 Å². The zero-order valence-electron chi connectivity index (χ0n) is 13.9. The Morgan fingerprint density at radius 1 is 1.33 bits per heavy atom. The Morgan fingerprint density at radius 3 is 3.04 bits per heavy atom. The monoisotopic (exact) mass is 362 g/mol. The fraction of sp³-hybridized carbons (Fsp3) is 0.500. The molecule has 6 heteroatoms. The SMILES string of the molecule is Cc1cc(Cl)ccc1CC1SCCNc2n[nH]c(C3CCCN3)c21. The van der Waals surface area contributed by atoms with Crippen LogP contribution in [-0.4, -0.2) is 29.0 Å². The molecular weight excluding hydrogens is 340 g/mol. The van der Waals surface area contributed by atoms with E-state index in [0.717, 1.165) is 36.1 Å². The minimum atomic E-state index is 0.413. The lowest BCUT2D eigenvalue weighted by molar-refractivity contribution is 0.617. The van der Waals surface area contributed by atoms with Crippen molar-refractivity contribution in [3.8, 4) is 0 Å². The predicted molar refractivity (Wildman–Crippen MR) is 102 cm³/mol. The lowest BCUT2D eigenvalue weighted by Gasteiger charge is -2.19. The van der Waals surface area contributed by atoms with Crippen LogP contribution in [0.15, 0.2) is 18.2 Å². The van der Waals surface area contributed by atoms with Crippen LogP contribution in [0.25, 0.3) is 0 Å². The maximum Gasteiger partial charge on any atom is 0.152 e. The first-order chi connectivity index (χ1) is 11.7. The van der Waals surface area contributed by atoms with Crippen LogP contribution in [0.5, 0.6) is 0 Å². The lowest BCUT2D eigenvalue weighted by Crippen LogP contribution is -2.16. The molecule has 1 saturated heterocycles. The summed E-state index contributed by atoms with van der Waals surface area (Å²) in [5, 5.41) is 16.2. The van der Waals surface area contributed by atoms with Crippen molar-refractivity contribution < 1.29 is 0 Å².